The van der Waals surface area contributed by atoms with E-state index >= 15 is 0 Å². The van der Waals surface area contributed by atoms with Crippen LogP contribution >= 0.6 is 0 Å². The van der Waals surface area contributed by atoms with E-state index in [1.807, 2.05) is 6.92 Å². The van der Waals surface area contributed by atoms with Crippen LogP contribution in [0.5, 0.6) is 0 Å². The van der Waals surface area contributed by atoms with Gasteiger partial charge in [0.25, 0.3) is 5.91 Å². The van der Waals surface area contributed by atoms with Gasteiger partial charge in [0.2, 0.25) is 0 Å². The van der Waals surface area contributed by atoms with Crippen molar-refractivity contribution in [1.29, 1.82) is 0 Å². The number of pyridine rings is 1. The van der Waals surface area contributed by atoms with E-state index in [1.54, 1.807) is 0 Å². The lowest BCUT2D eigenvalue weighted by atomic mass is 10.2. The number of anilines is 1. The summed E-state index contributed by atoms with van der Waals surface area (Å²) in [6.45, 7) is 2.49. The first kappa shape index (κ1) is 13.7. The maximum Gasteiger partial charge on any atom is 0.257 e. The minimum absolute atomic E-state index is 0.00583. The van der Waals surface area contributed by atoms with Gasteiger partial charge in [-0.15, -0.1) is 0 Å². The van der Waals surface area contributed by atoms with Crippen molar-refractivity contribution in [3.05, 3.63) is 23.6 Å². The number of hydrogen-bond acceptors (Lipinski definition) is 4. The third-order valence-electron chi connectivity index (χ3n) is 3.05. The number of rotatable bonds is 6. The molecule has 1 aliphatic carbocycles. The fourth-order valence-corrected chi connectivity index (χ4v) is 2.00. The summed E-state index contributed by atoms with van der Waals surface area (Å²) < 4.78 is 14.2. The van der Waals surface area contributed by atoms with E-state index in [1.165, 1.54) is 17.2 Å². The largest absolute Gasteiger partial charge is 0.395 e. The van der Waals surface area contributed by atoms with Crippen molar-refractivity contribution in [3.8, 4) is 0 Å². The second kappa shape index (κ2) is 5.97. The minimum atomic E-state index is -0.627. The molecule has 1 saturated carbocycles. The molecule has 1 heterocycles. The Morgan fingerprint density at radius 2 is 2.37 bits per heavy atom. The lowest BCUT2D eigenvalue weighted by Crippen LogP contribution is -2.36. The van der Waals surface area contributed by atoms with Crippen LogP contribution < -0.4 is 5.32 Å². The number of halogens is 1. The summed E-state index contributed by atoms with van der Waals surface area (Å²) in [6, 6.07) is 1.51. The lowest BCUT2D eigenvalue weighted by molar-refractivity contribution is 0.0703. The average Bonchev–Trinajstić information content (AvgIpc) is 3.22. The van der Waals surface area contributed by atoms with Crippen LogP contribution in [0.1, 0.15) is 30.1 Å². The van der Waals surface area contributed by atoms with Crippen LogP contribution in [0.2, 0.25) is 0 Å². The van der Waals surface area contributed by atoms with Gasteiger partial charge in [-0.3, -0.25) is 4.79 Å². The number of carbonyl (C=O) groups is 1. The normalized spacial score (nSPS) is 14.3. The molecule has 0 spiro atoms. The summed E-state index contributed by atoms with van der Waals surface area (Å²) in [5, 5.41) is 11.8. The standard InChI is InChI=1S/C13H18FN3O2/c1-2-15-12-11(14)10(5-6-16-12)13(19)17(7-8-18)9-3-4-9/h5-6,9,18H,2-4,7-8H2,1H3,(H,15,16). The van der Waals surface area contributed by atoms with E-state index in [0.717, 1.165) is 12.8 Å². The van der Waals surface area contributed by atoms with Crippen molar-refractivity contribution in [2.24, 2.45) is 0 Å². The second-order valence-electron chi connectivity index (χ2n) is 4.50. The Morgan fingerprint density at radius 1 is 1.63 bits per heavy atom. The molecule has 1 aliphatic rings. The zero-order chi connectivity index (χ0) is 13.8. The molecule has 0 unspecified atom stereocenters. The topological polar surface area (TPSA) is 65.5 Å². The van der Waals surface area contributed by atoms with Crippen molar-refractivity contribution < 1.29 is 14.3 Å². The van der Waals surface area contributed by atoms with Crippen molar-refractivity contribution in [1.82, 2.24) is 9.88 Å². The molecule has 19 heavy (non-hydrogen) atoms. The molecule has 104 valence electrons. The van der Waals surface area contributed by atoms with Crippen LogP contribution in [-0.2, 0) is 0 Å². The van der Waals surface area contributed by atoms with Gasteiger partial charge in [-0.2, -0.15) is 0 Å². The number of nitrogens with one attached hydrogen (secondary N) is 1. The second-order valence-corrected chi connectivity index (χ2v) is 4.50. The fraction of sp³-hybridized carbons (Fsp3) is 0.538. The zero-order valence-electron chi connectivity index (χ0n) is 10.9. The minimum Gasteiger partial charge on any atom is -0.395 e. The number of aromatic nitrogens is 1. The van der Waals surface area contributed by atoms with Crippen LogP contribution in [0.25, 0.3) is 0 Å². The summed E-state index contributed by atoms with van der Waals surface area (Å²) in [6.07, 6.45) is 3.25. The maximum atomic E-state index is 14.2. The van der Waals surface area contributed by atoms with E-state index in [-0.39, 0.29) is 36.5 Å². The van der Waals surface area contributed by atoms with Gasteiger partial charge in [0, 0.05) is 25.3 Å². The lowest BCUT2D eigenvalue weighted by Gasteiger charge is -2.21. The molecule has 1 amide bonds. The van der Waals surface area contributed by atoms with Crippen LogP contribution in [0, 0.1) is 5.82 Å². The van der Waals surface area contributed by atoms with Gasteiger partial charge < -0.3 is 15.3 Å². The van der Waals surface area contributed by atoms with E-state index in [2.05, 4.69) is 10.3 Å². The smallest absolute Gasteiger partial charge is 0.257 e. The molecule has 1 fully saturated rings. The Bertz CT molecular complexity index is 463. The van der Waals surface area contributed by atoms with E-state index in [0.29, 0.717) is 6.54 Å². The first-order valence-electron chi connectivity index (χ1n) is 6.49. The Morgan fingerprint density at radius 3 is 2.95 bits per heavy atom. The van der Waals surface area contributed by atoms with E-state index in [4.69, 9.17) is 5.11 Å². The van der Waals surface area contributed by atoms with Gasteiger partial charge in [0.1, 0.15) is 0 Å². The number of carbonyl (C=O) groups excluding carboxylic acids is 1. The quantitative estimate of drug-likeness (QED) is 0.814. The van der Waals surface area contributed by atoms with Gasteiger partial charge in [0.05, 0.1) is 12.2 Å². The zero-order valence-corrected chi connectivity index (χ0v) is 10.9. The molecule has 1 aromatic heterocycles. The molecule has 0 radical (unpaired) electrons. The summed E-state index contributed by atoms with van der Waals surface area (Å²) in [5.74, 6) is -0.915. The summed E-state index contributed by atoms with van der Waals surface area (Å²) in [5.41, 5.74) is 0.00583. The van der Waals surface area contributed by atoms with Gasteiger partial charge >= 0.3 is 0 Å². The third kappa shape index (κ3) is 3.01. The SMILES string of the molecule is CCNc1nccc(C(=O)N(CCO)C2CC2)c1F. The maximum absolute atomic E-state index is 14.2. The van der Waals surface area contributed by atoms with Crippen LogP contribution in [-0.4, -0.2) is 46.6 Å². The highest BCUT2D eigenvalue weighted by atomic mass is 19.1. The molecule has 0 saturated heterocycles. The monoisotopic (exact) mass is 267 g/mol. The molecular formula is C13H18FN3O2. The molecule has 2 rings (SSSR count). The molecule has 0 bridgehead atoms. The Labute approximate surface area is 111 Å². The fourth-order valence-electron chi connectivity index (χ4n) is 2.00. The number of hydrogen-bond donors (Lipinski definition) is 2. The van der Waals surface area contributed by atoms with E-state index < -0.39 is 5.82 Å². The van der Waals surface area contributed by atoms with Crippen molar-refractivity contribution in [2.45, 2.75) is 25.8 Å². The first-order valence-corrected chi connectivity index (χ1v) is 6.49. The molecule has 0 aliphatic heterocycles. The van der Waals surface area contributed by atoms with E-state index in [9.17, 15) is 9.18 Å². The molecule has 1 aromatic rings. The van der Waals surface area contributed by atoms with Crippen molar-refractivity contribution in [3.63, 3.8) is 0 Å². The number of amides is 1. The molecule has 0 atom stereocenters. The van der Waals surface area contributed by atoms with Gasteiger partial charge in [-0.25, -0.2) is 9.37 Å². The highest BCUT2D eigenvalue weighted by Crippen LogP contribution is 2.29. The molecular weight excluding hydrogens is 249 g/mol. The molecule has 2 N–H and O–H groups in total. The van der Waals surface area contributed by atoms with Gasteiger partial charge in [-0.1, -0.05) is 0 Å². The Kier molecular flexibility index (Phi) is 4.31. The van der Waals surface area contributed by atoms with Crippen LogP contribution in [0.4, 0.5) is 10.2 Å². The molecule has 6 heteroatoms. The number of nitrogens with zero attached hydrogens (tertiary/aromatic N) is 2. The van der Waals surface area contributed by atoms with Gasteiger partial charge in [-0.05, 0) is 25.8 Å². The molecule has 5 nitrogen and oxygen atoms in total. The summed E-state index contributed by atoms with van der Waals surface area (Å²) in [4.78, 5) is 17.7. The van der Waals surface area contributed by atoms with Crippen molar-refractivity contribution >= 4 is 11.7 Å². The first-order chi connectivity index (χ1) is 9.19. The molecule has 0 aromatic carbocycles. The Hall–Kier alpha value is -1.69. The summed E-state index contributed by atoms with van der Waals surface area (Å²) >= 11 is 0. The Balaban J connectivity index is 2.24. The number of aliphatic hydroxyl groups is 1. The van der Waals surface area contributed by atoms with Crippen LogP contribution in [0.3, 0.4) is 0 Å². The van der Waals surface area contributed by atoms with Gasteiger partial charge in [0.15, 0.2) is 11.6 Å². The predicted molar refractivity (Wildman–Crippen MR) is 69.5 cm³/mol. The van der Waals surface area contributed by atoms with Crippen LogP contribution in [0.15, 0.2) is 12.3 Å². The highest BCUT2D eigenvalue weighted by Gasteiger charge is 2.34. The predicted octanol–water partition coefficient (Wildman–Crippen LogP) is 1.25. The average molecular weight is 267 g/mol. The summed E-state index contributed by atoms with van der Waals surface area (Å²) in [7, 11) is 0. The third-order valence-corrected chi connectivity index (χ3v) is 3.05. The van der Waals surface area contributed by atoms with Crippen molar-refractivity contribution in [2.75, 3.05) is 25.0 Å². The number of aliphatic hydroxyl groups excluding tert-OH is 1. The highest BCUT2D eigenvalue weighted by molar-refractivity contribution is 5.95.